The van der Waals surface area contributed by atoms with Crippen LogP contribution in [0.15, 0.2) is 53.0 Å². The van der Waals surface area contributed by atoms with Crippen molar-refractivity contribution in [3.05, 3.63) is 58.6 Å². The molecule has 3 rings (SSSR count). The summed E-state index contributed by atoms with van der Waals surface area (Å²) in [6.07, 6.45) is 0. The van der Waals surface area contributed by atoms with E-state index in [1.807, 2.05) is 18.2 Å². The maximum atomic E-state index is 4.86. The molecule has 0 atom stereocenters. The molecule has 0 fully saturated rings. The first-order chi connectivity index (χ1) is 10.2. The van der Waals surface area contributed by atoms with E-state index in [4.69, 9.17) is 4.98 Å². The third-order valence-corrected chi connectivity index (χ3v) is 4.20. The lowest BCUT2D eigenvalue weighted by Gasteiger charge is -2.14. The van der Waals surface area contributed by atoms with Crippen molar-refractivity contribution in [2.75, 3.05) is 11.9 Å². The second kappa shape index (κ2) is 5.86. The Morgan fingerprint density at radius 3 is 2.57 bits per heavy atom. The summed E-state index contributed by atoms with van der Waals surface area (Å²) in [7, 11) is 0. The Hall–Kier alpha value is -1.87. The standard InChI is InChI=1S/C18H17BrN2/c1-3-20-16-11-15(13-7-5-4-6-8-13)21-18-14(19)10-9-12(2)17(16)18/h4-11H,3H2,1-2H3,(H,20,21). The van der Waals surface area contributed by atoms with Gasteiger partial charge in [-0.2, -0.15) is 0 Å². The van der Waals surface area contributed by atoms with Gasteiger partial charge in [0.05, 0.1) is 11.2 Å². The van der Waals surface area contributed by atoms with Gasteiger partial charge >= 0.3 is 0 Å². The van der Waals surface area contributed by atoms with E-state index in [0.29, 0.717) is 0 Å². The summed E-state index contributed by atoms with van der Waals surface area (Å²) in [5.74, 6) is 0. The number of rotatable bonds is 3. The lowest BCUT2D eigenvalue weighted by molar-refractivity contribution is 1.21. The number of halogens is 1. The lowest BCUT2D eigenvalue weighted by atomic mass is 10.0. The Bertz CT molecular complexity index is 782. The maximum absolute atomic E-state index is 4.86. The summed E-state index contributed by atoms with van der Waals surface area (Å²) in [6.45, 7) is 5.13. The Balaban J connectivity index is 2.32. The quantitative estimate of drug-likeness (QED) is 0.689. The fourth-order valence-corrected chi connectivity index (χ4v) is 2.98. The fourth-order valence-electron chi connectivity index (χ4n) is 2.56. The van der Waals surface area contributed by atoms with E-state index in [-0.39, 0.29) is 0 Å². The summed E-state index contributed by atoms with van der Waals surface area (Å²) in [6, 6.07) is 16.6. The van der Waals surface area contributed by atoms with Gasteiger partial charge in [-0.05, 0) is 47.5 Å². The van der Waals surface area contributed by atoms with Gasteiger partial charge in [0, 0.05) is 27.7 Å². The van der Waals surface area contributed by atoms with E-state index in [2.05, 4.69) is 65.4 Å². The molecule has 0 unspecified atom stereocenters. The number of fused-ring (bicyclic) bond motifs is 1. The second-order valence-electron chi connectivity index (χ2n) is 5.04. The molecular weight excluding hydrogens is 324 g/mol. The molecule has 3 aromatic rings. The summed E-state index contributed by atoms with van der Waals surface area (Å²) in [5, 5.41) is 4.65. The van der Waals surface area contributed by atoms with Gasteiger partial charge in [0.25, 0.3) is 0 Å². The van der Waals surface area contributed by atoms with Crippen molar-refractivity contribution in [3.63, 3.8) is 0 Å². The van der Waals surface area contributed by atoms with Crippen LogP contribution in [0.25, 0.3) is 22.2 Å². The summed E-state index contributed by atoms with van der Waals surface area (Å²) < 4.78 is 1.03. The van der Waals surface area contributed by atoms with Crippen LogP contribution in [0.1, 0.15) is 12.5 Å². The highest BCUT2D eigenvalue weighted by molar-refractivity contribution is 9.10. The molecule has 0 saturated heterocycles. The first-order valence-electron chi connectivity index (χ1n) is 7.10. The van der Waals surface area contributed by atoms with Crippen molar-refractivity contribution >= 4 is 32.5 Å². The van der Waals surface area contributed by atoms with Gasteiger partial charge in [-0.25, -0.2) is 4.98 Å². The Kier molecular flexibility index (Phi) is 3.93. The average molecular weight is 341 g/mol. The molecule has 21 heavy (non-hydrogen) atoms. The van der Waals surface area contributed by atoms with Crippen LogP contribution in [0, 0.1) is 6.92 Å². The van der Waals surface area contributed by atoms with Gasteiger partial charge in [-0.1, -0.05) is 36.4 Å². The summed E-state index contributed by atoms with van der Waals surface area (Å²) in [4.78, 5) is 4.86. The van der Waals surface area contributed by atoms with Crippen LogP contribution in [0.2, 0.25) is 0 Å². The minimum Gasteiger partial charge on any atom is -0.385 e. The monoisotopic (exact) mass is 340 g/mol. The first-order valence-corrected chi connectivity index (χ1v) is 7.89. The highest BCUT2D eigenvalue weighted by Gasteiger charge is 2.11. The number of benzene rings is 2. The van der Waals surface area contributed by atoms with Crippen LogP contribution in [0.4, 0.5) is 5.69 Å². The number of pyridine rings is 1. The van der Waals surface area contributed by atoms with E-state index in [9.17, 15) is 0 Å². The van der Waals surface area contributed by atoms with E-state index in [0.717, 1.165) is 33.5 Å². The van der Waals surface area contributed by atoms with Gasteiger partial charge in [0.1, 0.15) is 0 Å². The average Bonchev–Trinajstić information content (AvgIpc) is 2.52. The number of anilines is 1. The molecule has 0 amide bonds. The minimum atomic E-state index is 0.888. The van der Waals surface area contributed by atoms with E-state index in [1.54, 1.807) is 0 Å². The molecule has 0 spiro atoms. The number of nitrogens with one attached hydrogen (secondary N) is 1. The Morgan fingerprint density at radius 2 is 1.86 bits per heavy atom. The molecule has 0 radical (unpaired) electrons. The number of aromatic nitrogens is 1. The smallest absolute Gasteiger partial charge is 0.0874 e. The molecule has 1 aromatic heterocycles. The minimum absolute atomic E-state index is 0.888. The predicted molar refractivity (Wildman–Crippen MR) is 93.8 cm³/mol. The van der Waals surface area contributed by atoms with Crippen molar-refractivity contribution in [1.82, 2.24) is 4.98 Å². The zero-order chi connectivity index (χ0) is 14.8. The van der Waals surface area contributed by atoms with Crippen molar-refractivity contribution in [2.24, 2.45) is 0 Å². The SMILES string of the molecule is CCNc1cc(-c2ccccc2)nc2c(Br)ccc(C)c12. The Morgan fingerprint density at radius 1 is 1.10 bits per heavy atom. The van der Waals surface area contributed by atoms with Gasteiger partial charge in [-0.3, -0.25) is 0 Å². The molecule has 2 nitrogen and oxygen atoms in total. The van der Waals surface area contributed by atoms with Gasteiger partial charge < -0.3 is 5.32 Å². The Labute approximate surface area is 133 Å². The van der Waals surface area contributed by atoms with Gasteiger partial charge in [-0.15, -0.1) is 0 Å². The van der Waals surface area contributed by atoms with Gasteiger partial charge in [0.15, 0.2) is 0 Å². The van der Waals surface area contributed by atoms with Crippen LogP contribution in [0.5, 0.6) is 0 Å². The molecule has 0 saturated carbocycles. The van der Waals surface area contributed by atoms with Crippen LogP contribution >= 0.6 is 15.9 Å². The molecule has 0 bridgehead atoms. The van der Waals surface area contributed by atoms with Crippen LogP contribution < -0.4 is 5.32 Å². The molecule has 0 aliphatic carbocycles. The van der Waals surface area contributed by atoms with Crippen LogP contribution in [-0.2, 0) is 0 Å². The molecule has 2 aromatic carbocycles. The van der Waals surface area contributed by atoms with Crippen molar-refractivity contribution in [3.8, 4) is 11.3 Å². The number of hydrogen-bond donors (Lipinski definition) is 1. The third kappa shape index (κ3) is 2.66. The molecule has 0 aliphatic heterocycles. The third-order valence-electron chi connectivity index (χ3n) is 3.56. The zero-order valence-corrected chi connectivity index (χ0v) is 13.7. The molecule has 106 valence electrons. The first kappa shape index (κ1) is 14.1. The largest absolute Gasteiger partial charge is 0.385 e. The predicted octanol–water partition coefficient (Wildman–Crippen LogP) is 5.40. The van der Waals surface area contributed by atoms with Crippen molar-refractivity contribution in [2.45, 2.75) is 13.8 Å². The lowest BCUT2D eigenvalue weighted by Crippen LogP contribution is -2.00. The van der Waals surface area contributed by atoms with Crippen LogP contribution in [-0.4, -0.2) is 11.5 Å². The number of aryl methyl sites for hydroxylation is 1. The van der Waals surface area contributed by atoms with E-state index < -0.39 is 0 Å². The summed E-state index contributed by atoms with van der Waals surface area (Å²) >= 11 is 3.63. The normalized spacial score (nSPS) is 10.8. The highest BCUT2D eigenvalue weighted by Crippen LogP contribution is 2.34. The molecular formula is C18H17BrN2. The fraction of sp³-hybridized carbons (Fsp3) is 0.167. The second-order valence-corrected chi connectivity index (χ2v) is 5.89. The molecule has 0 aliphatic rings. The molecule has 3 heteroatoms. The maximum Gasteiger partial charge on any atom is 0.0874 e. The molecule has 1 heterocycles. The zero-order valence-electron chi connectivity index (χ0n) is 12.2. The highest BCUT2D eigenvalue weighted by atomic mass is 79.9. The topological polar surface area (TPSA) is 24.9 Å². The summed E-state index contributed by atoms with van der Waals surface area (Å²) in [5.41, 5.74) is 5.50. The van der Waals surface area contributed by atoms with E-state index >= 15 is 0 Å². The number of nitrogens with zero attached hydrogens (tertiary/aromatic N) is 1. The van der Waals surface area contributed by atoms with Crippen molar-refractivity contribution in [1.29, 1.82) is 0 Å². The molecule has 1 N–H and O–H groups in total. The van der Waals surface area contributed by atoms with E-state index in [1.165, 1.54) is 10.9 Å². The van der Waals surface area contributed by atoms with Crippen LogP contribution in [0.3, 0.4) is 0 Å². The van der Waals surface area contributed by atoms with Crippen molar-refractivity contribution < 1.29 is 0 Å². The van der Waals surface area contributed by atoms with Gasteiger partial charge in [0.2, 0.25) is 0 Å². The number of hydrogen-bond acceptors (Lipinski definition) is 2.